The highest BCUT2D eigenvalue weighted by Crippen LogP contribution is 2.21. The summed E-state index contributed by atoms with van der Waals surface area (Å²) in [6.45, 7) is 4.89. The van der Waals surface area contributed by atoms with Crippen LogP contribution in [0.15, 0.2) is 22.7 Å². The van der Waals surface area contributed by atoms with E-state index in [1.807, 2.05) is 25.1 Å². The number of nitrogens with one attached hydrogen (secondary N) is 2. The van der Waals surface area contributed by atoms with Crippen LogP contribution in [0, 0.1) is 6.92 Å². The van der Waals surface area contributed by atoms with Crippen molar-refractivity contribution in [2.24, 2.45) is 0 Å². The van der Waals surface area contributed by atoms with E-state index in [1.54, 1.807) is 0 Å². The number of amides is 1. The number of aryl methyl sites for hydroxylation is 1. The monoisotopic (exact) mass is 400 g/mol. The largest absolute Gasteiger partial charge is 0.484 e. The molecule has 0 heterocycles. The Hall–Kier alpha value is -1.14. The summed E-state index contributed by atoms with van der Waals surface area (Å²) in [5.74, 6) is 0.407. The fraction of sp³-hybridized carbons (Fsp3) is 0.529. The SMILES string of the molecule is CCCCCCCNC(=S)NC(=O)COc1ccc(Br)c(C)c1. The average molecular weight is 401 g/mol. The number of halogens is 1. The number of benzene rings is 1. The Bertz CT molecular complexity index is 523. The third kappa shape index (κ3) is 8.91. The van der Waals surface area contributed by atoms with Gasteiger partial charge < -0.3 is 15.4 Å². The van der Waals surface area contributed by atoms with Gasteiger partial charge in [0.2, 0.25) is 0 Å². The van der Waals surface area contributed by atoms with Crippen LogP contribution in [0.2, 0.25) is 0 Å². The van der Waals surface area contributed by atoms with Gasteiger partial charge in [-0.05, 0) is 49.3 Å². The van der Waals surface area contributed by atoms with Crippen LogP contribution in [0.1, 0.15) is 44.6 Å². The van der Waals surface area contributed by atoms with Crippen LogP contribution < -0.4 is 15.4 Å². The van der Waals surface area contributed by atoms with Crippen LogP contribution in [-0.4, -0.2) is 24.2 Å². The fourth-order valence-electron chi connectivity index (χ4n) is 1.99. The van der Waals surface area contributed by atoms with Gasteiger partial charge in [-0.2, -0.15) is 0 Å². The molecule has 128 valence electrons. The van der Waals surface area contributed by atoms with E-state index in [-0.39, 0.29) is 12.5 Å². The summed E-state index contributed by atoms with van der Waals surface area (Å²) in [6.07, 6.45) is 6.00. The molecule has 23 heavy (non-hydrogen) atoms. The second kappa shape index (κ2) is 11.4. The lowest BCUT2D eigenvalue weighted by atomic mass is 10.1. The Morgan fingerprint density at radius 2 is 2.00 bits per heavy atom. The van der Waals surface area contributed by atoms with E-state index in [4.69, 9.17) is 17.0 Å². The summed E-state index contributed by atoms with van der Waals surface area (Å²) in [6, 6.07) is 5.59. The molecule has 0 atom stereocenters. The summed E-state index contributed by atoms with van der Waals surface area (Å²) in [5, 5.41) is 6.03. The van der Waals surface area contributed by atoms with E-state index < -0.39 is 0 Å². The Morgan fingerprint density at radius 1 is 1.26 bits per heavy atom. The zero-order chi connectivity index (χ0) is 17.1. The van der Waals surface area contributed by atoms with Crippen LogP contribution in [0.3, 0.4) is 0 Å². The molecule has 2 N–H and O–H groups in total. The molecule has 1 rings (SSSR count). The van der Waals surface area contributed by atoms with Crippen LogP contribution in [0.4, 0.5) is 0 Å². The van der Waals surface area contributed by atoms with Gasteiger partial charge in [-0.1, -0.05) is 48.5 Å². The molecule has 0 spiro atoms. The van der Waals surface area contributed by atoms with Crippen molar-refractivity contribution in [1.82, 2.24) is 10.6 Å². The number of unbranched alkanes of at least 4 members (excludes halogenated alkanes) is 4. The van der Waals surface area contributed by atoms with Gasteiger partial charge in [0.1, 0.15) is 5.75 Å². The van der Waals surface area contributed by atoms with Gasteiger partial charge in [0.15, 0.2) is 11.7 Å². The number of thiocarbonyl (C=S) groups is 1. The summed E-state index contributed by atoms with van der Waals surface area (Å²) in [5.41, 5.74) is 1.06. The molecule has 1 amide bonds. The first-order valence-electron chi connectivity index (χ1n) is 7.99. The van der Waals surface area contributed by atoms with Gasteiger partial charge in [0.05, 0.1) is 0 Å². The van der Waals surface area contributed by atoms with Crippen molar-refractivity contribution in [2.45, 2.75) is 46.0 Å². The zero-order valence-electron chi connectivity index (χ0n) is 13.8. The third-order valence-corrected chi connectivity index (χ3v) is 4.45. The van der Waals surface area contributed by atoms with Crippen LogP contribution >= 0.6 is 28.1 Å². The number of hydrogen-bond acceptors (Lipinski definition) is 3. The molecule has 0 saturated carbocycles. The van der Waals surface area contributed by atoms with E-state index in [2.05, 4.69) is 33.5 Å². The number of hydrogen-bond donors (Lipinski definition) is 2. The molecule has 0 bridgehead atoms. The predicted octanol–water partition coefficient (Wildman–Crippen LogP) is 4.10. The van der Waals surface area contributed by atoms with Gasteiger partial charge in [-0.25, -0.2) is 0 Å². The number of ether oxygens (including phenoxy) is 1. The minimum Gasteiger partial charge on any atom is -0.484 e. The average Bonchev–Trinajstić information content (AvgIpc) is 2.52. The van der Waals surface area contributed by atoms with Crippen molar-refractivity contribution >= 4 is 39.2 Å². The molecular formula is C17H25BrN2O2S. The van der Waals surface area contributed by atoms with E-state index >= 15 is 0 Å². The third-order valence-electron chi connectivity index (χ3n) is 3.32. The number of rotatable bonds is 9. The maximum absolute atomic E-state index is 11.8. The predicted molar refractivity (Wildman–Crippen MR) is 102 cm³/mol. The summed E-state index contributed by atoms with van der Waals surface area (Å²) in [7, 11) is 0. The van der Waals surface area contributed by atoms with Gasteiger partial charge in [-0.15, -0.1) is 0 Å². The normalized spacial score (nSPS) is 10.2. The lowest BCUT2D eigenvalue weighted by Gasteiger charge is -2.11. The summed E-state index contributed by atoms with van der Waals surface area (Å²) in [4.78, 5) is 11.8. The molecule has 0 saturated heterocycles. The van der Waals surface area contributed by atoms with Gasteiger partial charge in [0, 0.05) is 11.0 Å². The molecule has 4 nitrogen and oxygen atoms in total. The van der Waals surface area contributed by atoms with E-state index in [0.29, 0.717) is 10.9 Å². The Labute approximate surface area is 152 Å². The highest BCUT2D eigenvalue weighted by molar-refractivity contribution is 9.10. The lowest BCUT2D eigenvalue weighted by Crippen LogP contribution is -2.41. The molecule has 1 aromatic rings. The molecular weight excluding hydrogens is 376 g/mol. The zero-order valence-corrected chi connectivity index (χ0v) is 16.2. The highest BCUT2D eigenvalue weighted by atomic mass is 79.9. The minimum atomic E-state index is -0.256. The second-order valence-corrected chi connectivity index (χ2v) is 6.68. The van der Waals surface area contributed by atoms with Gasteiger partial charge >= 0.3 is 0 Å². The van der Waals surface area contributed by atoms with Crippen molar-refractivity contribution in [2.75, 3.05) is 13.2 Å². The van der Waals surface area contributed by atoms with Crippen molar-refractivity contribution in [3.05, 3.63) is 28.2 Å². The molecule has 0 fully saturated rings. The molecule has 0 aromatic heterocycles. The molecule has 0 unspecified atom stereocenters. The first kappa shape index (κ1) is 19.9. The summed E-state index contributed by atoms with van der Waals surface area (Å²) >= 11 is 8.52. The molecule has 0 aliphatic heterocycles. The Morgan fingerprint density at radius 3 is 2.70 bits per heavy atom. The standard InChI is InChI=1S/C17H25BrN2O2S/c1-3-4-5-6-7-10-19-17(23)20-16(21)12-22-14-8-9-15(18)13(2)11-14/h8-9,11H,3-7,10,12H2,1-2H3,(H2,19,20,21,23). The van der Waals surface area contributed by atoms with Gasteiger partial charge in [0.25, 0.3) is 5.91 Å². The van der Waals surface area contributed by atoms with Crippen LogP contribution in [0.25, 0.3) is 0 Å². The molecule has 6 heteroatoms. The van der Waals surface area contributed by atoms with Crippen LogP contribution in [0.5, 0.6) is 5.75 Å². The van der Waals surface area contributed by atoms with Gasteiger partial charge in [-0.3, -0.25) is 4.79 Å². The molecule has 0 aliphatic carbocycles. The maximum Gasteiger partial charge on any atom is 0.264 e. The maximum atomic E-state index is 11.8. The minimum absolute atomic E-state index is 0.0562. The van der Waals surface area contributed by atoms with Crippen LogP contribution in [-0.2, 0) is 4.79 Å². The van der Waals surface area contributed by atoms with E-state index in [1.165, 1.54) is 25.7 Å². The van der Waals surface area contributed by atoms with Crippen molar-refractivity contribution < 1.29 is 9.53 Å². The second-order valence-electron chi connectivity index (χ2n) is 5.42. The fourth-order valence-corrected chi connectivity index (χ4v) is 2.46. The quantitative estimate of drug-likeness (QED) is 0.483. The molecule has 1 aromatic carbocycles. The Kier molecular flexibility index (Phi) is 9.87. The molecule has 0 aliphatic rings. The van der Waals surface area contributed by atoms with Crippen molar-refractivity contribution in [1.29, 1.82) is 0 Å². The lowest BCUT2D eigenvalue weighted by molar-refractivity contribution is -0.121. The topological polar surface area (TPSA) is 50.4 Å². The molecule has 0 radical (unpaired) electrons. The smallest absolute Gasteiger partial charge is 0.264 e. The Balaban J connectivity index is 2.17. The van der Waals surface area contributed by atoms with E-state index in [0.717, 1.165) is 23.0 Å². The first-order valence-corrected chi connectivity index (χ1v) is 9.19. The highest BCUT2D eigenvalue weighted by Gasteiger charge is 2.06. The number of carbonyl (C=O) groups is 1. The van der Waals surface area contributed by atoms with Crippen molar-refractivity contribution in [3.8, 4) is 5.75 Å². The van der Waals surface area contributed by atoms with E-state index in [9.17, 15) is 4.79 Å². The first-order chi connectivity index (χ1) is 11.0. The number of carbonyl (C=O) groups excluding carboxylic acids is 1. The van der Waals surface area contributed by atoms with Crippen molar-refractivity contribution in [3.63, 3.8) is 0 Å². The summed E-state index contributed by atoms with van der Waals surface area (Å²) < 4.78 is 6.47.